The van der Waals surface area contributed by atoms with Crippen molar-refractivity contribution in [2.45, 2.75) is 54.3 Å². The number of ether oxygens (including phenoxy) is 1. The molecule has 0 radical (unpaired) electrons. The number of nitrogens with zero attached hydrogens (tertiary/aromatic N) is 3. The summed E-state index contributed by atoms with van der Waals surface area (Å²) in [5.41, 5.74) is 8.19. The highest BCUT2D eigenvalue weighted by molar-refractivity contribution is 7.92. The zero-order chi connectivity index (χ0) is 27.2. The summed E-state index contributed by atoms with van der Waals surface area (Å²) in [7, 11) is -3.73. The Labute approximate surface area is 227 Å². The van der Waals surface area contributed by atoms with Crippen LogP contribution in [0.5, 0.6) is 0 Å². The minimum atomic E-state index is -3.73. The maximum Gasteiger partial charge on any atom is 0.319 e. The summed E-state index contributed by atoms with van der Waals surface area (Å²) >= 11 is 0. The highest BCUT2D eigenvalue weighted by atomic mass is 32.2. The lowest BCUT2D eigenvalue weighted by atomic mass is 10.1. The standard InChI is InChI=1S/C28H32N6O4S/c1-18-17-38-15-14-34(18)25-16-24(28(12-13-28)39(36,37)23-10-4-20(29)5-11-23)32-26(33-25)19-2-6-21(7-3-19)30-27(35)31-22-8-9-22/h2-7,10-11,16,18,22H,8-9,12-15,17,29H2,1H3,(H2,30,31,35)/t18-/m0/s1. The summed E-state index contributed by atoms with van der Waals surface area (Å²) in [6, 6.07) is 15.5. The quantitative estimate of drug-likeness (QED) is 0.380. The van der Waals surface area contributed by atoms with Gasteiger partial charge in [0, 0.05) is 35.6 Å². The monoisotopic (exact) mass is 548 g/mol. The molecule has 0 spiro atoms. The second kappa shape index (κ2) is 9.80. The predicted molar refractivity (Wildman–Crippen MR) is 149 cm³/mol. The Balaban J connectivity index is 1.37. The number of anilines is 3. The minimum absolute atomic E-state index is 0.0785. The SMILES string of the molecule is C[C@H]1COCCN1c1cc(C2(S(=O)(=O)c3ccc(N)cc3)CC2)nc(-c2ccc(NC(=O)NC3CC3)cc2)n1. The molecule has 2 heterocycles. The molecule has 2 aromatic carbocycles. The first kappa shape index (κ1) is 25.6. The van der Waals surface area contributed by atoms with Crippen LogP contribution in [0.3, 0.4) is 0 Å². The molecule has 204 valence electrons. The van der Waals surface area contributed by atoms with Crippen molar-refractivity contribution in [3.63, 3.8) is 0 Å². The molecule has 1 aliphatic heterocycles. The van der Waals surface area contributed by atoms with Gasteiger partial charge >= 0.3 is 6.03 Å². The molecule has 1 atom stereocenters. The topological polar surface area (TPSA) is 140 Å². The van der Waals surface area contributed by atoms with Crippen LogP contribution >= 0.6 is 0 Å². The fourth-order valence-corrected chi connectivity index (χ4v) is 6.91. The summed E-state index contributed by atoms with van der Waals surface area (Å²) in [4.78, 5) is 24.2. The number of carbonyl (C=O) groups is 1. The molecule has 3 aromatic rings. The van der Waals surface area contributed by atoms with Crippen LogP contribution in [-0.2, 0) is 19.3 Å². The van der Waals surface area contributed by atoms with Crippen molar-refractivity contribution in [2.75, 3.05) is 35.7 Å². The number of nitrogens with two attached hydrogens (primary N) is 1. The van der Waals surface area contributed by atoms with Gasteiger partial charge in [-0.3, -0.25) is 0 Å². The second-order valence-corrected chi connectivity index (χ2v) is 12.8. The van der Waals surface area contributed by atoms with Crippen molar-refractivity contribution in [1.29, 1.82) is 0 Å². The lowest BCUT2D eigenvalue weighted by Crippen LogP contribution is -2.44. The number of carbonyl (C=O) groups excluding carboxylic acids is 1. The van der Waals surface area contributed by atoms with Crippen molar-refractivity contribution in [1.82, 2.24) is 15.3 Å². The van der Waals surface area contributed by atoms with Crippen LogP contribution in [0.15, 0.2) is 59.5 Å². The first-order valence-corrected chi connectivity index (χ1v) is 14.8. The highest BCUT2D eigenvalue weighted by Crippen LogP contribution is 2.55. The smallest absolute Gasteiger partial charge is 0.319 e. The number of nitrogens with one attached hydrogen (secondary N) is 2. The average Bonchev–Trinajstić information content (AvgIpc) is 3.85. The molecule has 0 unspecified atom stereocenters. The van der Waals surface area contributed by atoms with Gasteiger partial charge in [-0.2, -0.15) is 0 Å². The molecule has 1 saturated heterocycles. The zero-order valence-corrected chi connectivity index (χ0v) is 22.6. The lowest BCUT2D eigenvalue weighted by molar-refractivity contribution is 0.0985. The van der Waals surface area contributed by atoms with Crippen LogP contribution in [0.4, 0.5) is 22.0 Å². The number of aromatic nitrogens is 2. The van der Waals surface area contributed by atoms with Crippen LogP contribution in [-0.4, -0.2) is 56.3 Å². The summed E-state index contributed by atoms with van der Waals surface area (Å²) < 4.78 is 32.3. The second-order valence-electron chi connectivity index (χ2n) is 10.6. The van der Waals surface area contributed by atoms with E-state index in [0.29, 0.717) is 61.3 Å². The number of amides is 2. The van der Waals surface area contributed by atoms with E-state index in [2.05, 4.69) is 22.5 Å². The van der Waals surface area contributed by atoms with Crippen molar-refractivity contribution < 1.29 is 17.9 Å². The van der Waals surface area contributed by atoms with Crippen molar-refractivity contribution in [3.8, 4) is 11.4 Å². The van der Waals surface area contributed by atoms with Crippen LogP contribution in [0, 0.1) is 0 Å². The fraction of sp³-hybridized carbons (Fsp3) is 0.393. The normalized spacial score (nSPS) is 20.3. The Kier molecular flexibility index (Phi) is 6.43. The molecule has 6 rings (SSSR count). The maximum atomic E-state index is 13.9. The number of benzene rings is 2. The summed E-state index contributed by atoms with van der Waals surface area (Å²) in [5, 5.41) is 5.75. The van der Waals surface area contributed by atoms with Gasteiger partial charge in [-0.1, -0.05) is 0 Å². The molecule has 11 heteroatoms. The van der Waals surface area contributed by atoms with E-state index in [1.807, 2.05) is 18.2 Å². The Morgan fingerprint density at radius 2 is 1.79 bits per heavy atom. The zero-order valence-electron chi connectivity index (χ0n) is 21.8. The highest BCUT2D eigenvalue weighted by Gasteiger charge is 2.58. The Hall–Kier alpha value is -3.70. The lowest BCUT2D eigenvalue weighted by Gasteiger charge is -2.34. The van der Waals surface area contributed by atoms with Crippen LogP contribution in [0.2, 0.25) is 0 Å². The molecule has 1 aromatic heterocycles. The van der Waals surface area contributed by atoms with Crippen molar-refractivity contribution in [2.24, 2.45) is 0 Å². The maximum absolute atomic E-state index is 13.9. The minimum Gasteiger partial charge on any atom is -0.399 e. The van der Waals surface area contributed by atoms with E-state index in [1.54, 1.807) is 36.4 Å². The van der Waals surface area contributed by atoms with E-state index in [9.17, 15) is 13.2 Å². The van der Waals surface area contributed by atoms with Gasteiger partial charge in [-0.05, 0) is 81.1 Å². The molecule has 2 aliphatic carbocycles. The van der Waals surface area contributed by atoms with E-state index < -0.39 is 14.6 Å². The Bertz CT molecular complexity index is 1490. The molecular formula is C28H32N6O4S. The van der Waals surface area contributed by atoms with Crippen LogP contribution in [0.25, 0.3) is 11.4 Å². The Morgan fingerprint density at radius 1 is 1.08 bits per heavy atom. The molecule has 2 amide bonds. The Morgan fingerprint density at radius 3 is 2.44 bits per heavy atom. The number of sulfone groups is 1. The van der Waals surface area contributed by atoms with Gasteiger partial charge in [0.25, 0.3) is 0 Å². The van der Waals surface area contributed by atoms with E-state index >= 15 is 0 Å². The number of rotatable bonds is 7. The first-order valence-electron chi connectivity index (χ1n) is 13.3. The average molecular weight is 549 g/mol. The summed E-state index contributed by atoms with van der Waals surface area (Å²) in [6.45, 7) is 3.84. The predicted octanol–water partition coefficient (Wildman–Crippen LogP) is 3.70. The van der Waals surface area contributed by atoms with E-state index in [4.69, 9.17) is 20.4 Å². The number of hydrogen-bond acceptors (Lipinski definition) is 8. The molecule has 10 nitrogen and oxygen atoms in total. The first-order chi connectivity index (χ1) is 18.7. The van der Waals surface area contributed by atoms with Crippen molar-refractivity contribution in [3.05, 3.63) is 60.3 Å². The molecule has 2 saturated carbocycles. The van der Waals surface area contributed by atoms with E-state index in [1.165, 1.54) is 0 Å². The molecule has 0 bridgehead atoms. The van der Waals surface area contributed by atoms with Crippen LogP contribution in [0.1, 0.15) is 38.3 Å². The van der Waals surface area contributed by atoms with Gasteiger partial charge in [0.2, 0.25) is 0 Å². The third-order valence-electron chi connectivity index (χ3n) is 7.56. The van der Waals surface area contributed by atoms with Gasteiger partial charge in [0.1, 0.15) is 10.6 Å². The molecule has 4 N–H and O–H groups in total. The number of morpholine rings is 1. The summed E-state index contributed by atoms with van der Waals surface area (Å²) in [6.07, 6.45) is 2.99. The third-order valence-corrected chi connectivity index (χ3v) is 10.1. The van der Waals surface area contributed by atoms with Gasteiger partial charge in [-0.15, -0.1) is 0 Å². The largest absolute Gasteiger partial charge is 0.399 e. The number of urea groups is 1. The van der Waals surface area contributed by atoms with Gasteiger partial charge in [0.15, 0.2) is 15.7 Å². The van der Waals surface area contributed by atoms with E-state index in [-0.39, 0.29) is 23.0 Å². The number of hydrogen-bond donors (Lipinski definition) is 3. The fourth-order valence-electron chi connectivity index (χ4n) is 4.94. The van der Waals surface area contributed by atoms with Crippen LogP contribution < -0.4 is 21.3 Å². The van der Waals surface area contributed by atoms with E-state index in [0.717, 1.165) is 18.4 Å². The van der Waals surface area contributed by atoms with Gasteiger partial charge in [0.05, 0.1) is 29.8 Å². The third kappa shape index (κ3) is 5.04. The van der Waals surface area contributed by atoms with Crippen molar-refractivity contribution >= 4 is 33.1 Å². The molecule has 3 fully saturated rings. The van der Waals surface area contributed by atoms with Gasteiger partial charge < -0.3 is 26.0 Å². The summed E-state index contributed by atoms with van der Waals surface area (Å²) in [5.74, 6) is 1.12. The molecular weight excluding hydrogens is 516 g/mol. The molecule has 39 heavy (non-hydrogen) atoms. The molecule has 3 aliphatic rings. The van der Waals surface area contributed by atoms with Gasteiger partial charge in [-0.25, -0.2) is 23.2 Å². The number of nitrogen functional groups attached to an aromatic ring is 1.